The average molecular weight is 368 g/mol. The van der Waals surface area contributed by atoms with Crippen LogP contribution in [0.3, 0.4) is 0 Å². The summed E-state index contributed by atoms with van der Waals surface area (Å²) in [6.07, 6.45) is 0.180. The number of aliphatic carboxylic acids is 1. The van der Waals surface area contributed by atoms with Crippen molar-refractivity contribution in [2.24, 2.45) is 0 Å². The summed E-state index contributed by atoms with van der Waals surface area (Å²) in [7, 11) is 0. The van der Waals surface area contributed by atoms with E-state index in [0.717, 1.165) is 22.6 Å². The van der Waals surface area contributed by atoms with E-state index in [4.69, 9.17) is 11.6 Å². The first-order valence-electron chi connectivity index (χ1n) is 7.94. The Balaban J connectivity index is 2.09. The molecule has 0 aliphatic rings. The van der Waals surface area contributed by atoms with E-state index in [1.165, 1.54) is 12.1 Å². The maximum Gasteiger partial charge on any atom is 0.0715 e. The maximum absolute atomic E-state index is 11.0. The largest absolute Gasteiger partial charge is 0.550 e. The van der Waals surface area contributed by atoms with Gasteiger partial charge in [-0.25, -0.2) is 0 Å². The zero-order valence-electron chi connectivity index (χ0n) is 13.6. The van der Waals surface area contributed by atoms with Crippen molar-refractivity contribution in [3.05, 3.63) is 76.9 Å². The van der Waals surface area contributed by atoms with Gasteiger partial charge in [0.15, 0.2) is 0 Å². The molecule has 0 spiro atoms. The molecule has 1 aromatic heterocycles. The van der Waals surface area contributed by atoms with Gasteiger partial charge in [-0.2, -0.15) is 0 Å². The van der Waals surface area contributed by atoms with Gasteiger partial charge in [0, 0.05) is 22.4 Å². The highest BCUT2D eigenvalue weighted by Gasteiger charge is 2.12. The Labute approximate surface area is 155 Å². The minimum Gasteiger partial charge on any atom is -0.550 e. The van der Waals surface area contributed by atoms with Crippen molar-refractivity contribution < 1.29 is 19.8 Å². The molecule has 3 rings (SSSR count). The number of nitrogens with zero attached hydrogens (tertiary/aromatic N) is 1. The van der Waals surface area contributed by atoms with Crippen molar-refractivity contribution in [3.63, 3.8) is 0 Å². The highest BCUT2D eigenvalue weighted by Crippen LogP contribution is 2.28. The number of carboxylic acids is 2. The number of benzene rings is 2. The van der Waals surface area contributed by atoms with E-state index in [1.54, 1.807) is 24.3 Å². The molecule has 26 heavy (non-hydrogen) atoms. The third-order valence-corrected chi connectivity index (χ3v) is 4.30. The summed E-state index contributed by atoms with van der Waals surface area (Å²) in [5, 5.41) is 22.4. The summed E-state index contributed by atoms with van der Waals surface area (Å²) in [6, 6.07) is 17.2. The second-order valence-electron chi connectivity index (χ2n) is 5.76. The Morgan fingerprint density at radius 3 is 2.12 bits per heavy atom. The van der Waals surface area contributed by atoms with Gasteiger partial charge in [0.05, 0.1) is 11.7 Å². The van der Waals surface area contributed by atoms with E-state index < -0.39 is 11.9 Å². The van der Waals surface area contributed by atoms with E-state index in [0.29, 0.717) is 5.02 Å². The number of halogens is 1. The van der Waals surface area contributed by atoms with Crippen LogP contribution in [0.5, 0.6) is 0 Å². The molecule has 5 nitrogen and oxygen atoms in total. The van der Waals surface area contributed by atoms with Crippen molar-refractivity contribution in [2.45, 2.75) is 12.8 Å². The Kier molecular flexibility index (Phi) is 5.09. The predicted molar refractivity (Wildman–Crippen MR) is 93.9 cm³/mol. The molecule has 0 saturated heterocycles. The van der Waals surface area contributed by atoms with Crippen molar-refractivity contribution in [1.82, 2.24) is 4.57 Å². The molecule has 3 aromatic rings. The summed E-state index contributed by atoms with van der Waals surface area (Å²) in [5.74, 6) is -2.38. The average Bonchev–Trinajstić information content (AvgIpc) is 3.04. The number of rotatable bonds is 6. The molecule has 0 N–H and O–H groups in total. The molecule has 2 aromatic carbocycles. The van der Waals surface area contributed by atoms with Gasteiger partial charge in [0.2, 0.25) is 0 Å². The van der Waals surface area contributed by atoms with Gasteiger partial charge in [0.25, 0.3) is 0 Å². The third-order valence-electron chi connectivity index (χ3n) is 4.05. The van der Waals surface area contributed by atoms with Gasteiger partial charge in [0.1, 0.15) is 0 Å². The standard InChI is InChI=1S/C20H16ClNO4/c21-15-5-1-13(2-6-15)18-11-9-17(10-12-19(23)24)22(18)16-7-3-14(4-8-16)20(25)26/h1-9,11H,10,12H2,(H,23,24)(H,25,26)/p-2. The summed E-state index contributed by atoms with van der Waals surface area (Å²) in [4.78, 5) is 21.8. The molecular weight excluding hydrogens is 354 g/mol. The van der Waals surface area contributed by atoms with Gasteiger partial charge >= 0.3 is 0 Å². The van der Waals surface area contributed by atoms with Crippen molar-refractivity contribution >= 4 is 23.5 Å². The fraction of sp³-hybridized carbons (Fsp3) is 0.100. The normalized spacial score (nSPS) is 10.7. The lowest BCUT2D eigenvalue weighted by atomic mass is 10.1. The molecule has 132 valence electrons. The molecule has 1 heterocycles. The summed E-state index contributed by atoms with van der Waals surface area (Å²) < 4.78 is 1.89. The highest BCUT2D eigenvalue weighted by atomic mass is 35.5. The summed E-state index contributed by atoms with van der Waals surface area (Å²) >= 11 is 5.95. The molecule has 0 atom stereocenters. The first-order valence-corrected chi connectivity index (χ1v) is 8.31. The first-order chi connectivity index (χ1) is 12.5. The van der Waals surface area contributed by atoms with Gasteiger partial charge in [-0.3, -0.25) is 0 Å². The molecule has 0 radical (unpaired) electrons. The Morgan fingerprint density at radius 1 is 0.885 bits per heavy atom. The number of carbonyl (C=O) groups is 2. The second kappa shape index (κ2) is 7.45. The molecule has 0 amide bonds. The molecule has 0 saturated carbocycles. The number of aromatic nitrogens is 1. The molecular formula is C20H14ClNO4-2. The molecule has 0 aliphatic carbocycles. The fourth-order valence-electron chi connectivity index (χ4n) is 2.80. The first kappa shape index (κ1) is 17.8. The van der Waals surface area contributed by atoms with E-state index >= 15 is 0 Å². The SMILES string of the molecule is O=C([O-])CCc1ccc(-c2ccc(Cl)cc2)n1-c1ccc(C(=O)[O-])cc1. The number of aryl methyl sites for hydroxylation is 1. The molecule has 0 fully saturated rings. The van der Waals surface area contributed by atoms with Crippen LogP contribution in [0.2, 0.25) is 5.02 Å². The lowest BCUT2D eigenvalue weighted by Gasteiger charge is -2.15. The fourth-order valence-corrected chi connectivity index (χ4v) is 2.93. The van der Waals surface area contributed by atoms with Crippen LogP contribution >= 0.6 is 11.6 Å². The van der Waals surface area contributed by atoms with Crippen LogP contribution in [-0.4, -0.2) is 16.5 Å². The number of hydrogen-bond donors (Lipinski definition) is 0. The topological polar surface area (TPSA) is 85.2 Å². The Bertz CT molecular complexity index is 943. The zero-order chi connectivity index (χ0) is 18.7. The van der Waals surface area contributed by atoms with Crippen LogP contribution < -0.4 is 10.2 Å². The minimum atomic E-state index is -1.25. The van der Waals surface area contributed by atoms with Crippen molar-refractivity contribution in [1.29, 1.82) is 0 Å². The van der Waals surface area contributed by atoms with Gasteiger partial charge < -0.3 is 24.4 Å². The third kappa shape index (κ3) is 3.78. The van der Waals surface area contributed by atoms with Crippen LogP contribution in [0.1, 0.15) is 22.5 Å². The van der Waals surface area contributed by atoms with E-state index in [-0.39, 0.29) is 18.4 Å². The van der Waals surface area contributed by atoms with E-state index in [2.05, 4.69) is 0 Å². The van der Waals surface area contributed by atoms with Crippen molar-refractivity contribution in [3.8, 4) is 16.9 Å². The van der Waals surface area contributed by atoms with Crippen LogP contribution in [0.25, 0.3) is 16.9 Å². The second-order valence-corrected chi connectivity index (χ2v) is 6.19. The van der Waals surface area contributed by atoms with E-state index in [1.807, 2.05) is 28.8 Å². The quantitative estimate of drug-likeness (QED) is 0.665. The minimum absolute atomic E-state index is 0.0743. The lowest BCUT2D eigenvalue weighted by Crippen LogP contribution is -2.23. The Hall–Kier alpha value is -3.05. The number of carbonyl (C=O) groups excluding carboxylic acids is 2. The van der Waals surface area contributed by atoms with Gasteiger partial charge in [-0.15, -0.1) is 0 Å². The van der Waals surface area contributed by atoms with Gasteiger partial charge in [-0.1, -0.05) is 35.9 Å². The monoisotopic (exact) mass is 367 g/mol. The highest BCUT2D eigenvalue weighted by molar-refractivity contribution is 6.30. The number of carboxylic acid groups (broad SMARTS) is 2. The van der Waals surface area contributed by atoms with Gasteiger partial charge in [-0.05, 0) is 60.4 Å². The van der Waals surface area contributed by atoms with Crippen LogP contribution in [-0.2, 0) is 11.2 Å². The zero-order valence-corrected chi connectivity index (χ0v) is 14.4. The van der Waals surface area contributed by atoms with Crippen molar-refractivity contribution in [2.75, 3.05) is 0 Å². The van der Waals surface area contributed by atoms with Crippen LogP contribution in [0.4, 0.5) is 0 Å². The number of aromatic carboxylic acids is 1. The molecule has 0 bridgehead atoms. The summed E-state index contributed by atoms with van der Waals surface area (Å²) in [6.45, 7) is 0. The molecule has 0 unspecified atom stereocenters. The van der Waals surface area contributed by atoms with Crippen LogP contribution in [0.15, 0.2) is 60.7 Å². The number of hydrogen-bond acceptors (Lipinski definition) is 4. The smallest absolute Gasteiger partial charge is 0.0715 e. The van der Waals surface area contributed by atoms with Crippen LogP contribution in [0, 0.1) is 0 Å². The molecule has 0 aliphatic heterocycles. The maximum atomic E-state index is 11.0. The molecule has 6 heteroatoms. The summed E-state index contributed by atoms with van der Waals surface area (Å²) in [5.41, 5.74) is 3.32. The van der Waals surface area contributed by atoms with E-state index in [9.17, 15) is 19.8 Å². The predicted octanol–water partition coefficient (Wildman–Crippen LogP) is 1.84. The lowest BCUT2D eigenvalue weighted by molar-refractivity contribution is -0.305. The Morgan fingerprint density at radius 2 is 1.54 bits per heavy atom.